The summed E-state index contributed by atoms with van der Waals surface area (Å²) in [6.07, 6.45) is 7.09. The van der Waals surface area contributed by atoms with Gasteiger partial charge < -0.3 is 0 Å². The third-order valence-corrected chi connectivity index (χ3v) is 5.71. The van der Waals surface area contributed by atoms with E-state index in [9.17, 15) is 8.42 Å². The maximum absolute atomic E-state index is 13.0. The van der Waals surface area contributed by atoms with Crippen LogP contribution in [0.1, 0.15) is 30.2 Å². The van der Waals surface area contributed by atoms with Crippen molar-refractivity contribution >= 4 is 33.4 Å². The van der Waals surface area contributed by atoms with Crippen LogP contribution in [0.5, 0.6) is 0 Å². The van der Waals surface area contributed by atoms with Crippen LogP contribution in [0.25, 0.3) is 6.08 Å². The molecule has 0 amide bonds. The van der Waals surface area contributed by atoms with E-state index in [-0.39, 0.29) is 10.1 Å². The second-order valence-electron chi connectivity index (χ2n) is 5.54. The monoisotopic (exact) mass is 360 g/mol. The van der Waals surface area contributed by atoms with E-state index in [4.69, 9.17) is 11.6 Å². The Morgan fingerprint density at radius 3 is 2.67 bits per heavy atom. The quantitative estimate of drug-likeness (QED) is 0.606. The van der Waals surface area contributed by atoms with Gasteiger partial charge in [-0.3, -0.25) is 0 Å². The Kier molecular flexibility index (Phi) is 4.47. The third-order valence-electron chi connectivity index (χ3n) is 3.93. The van der Waals surface area contributed by atoms with Crippen LogP contribution in [0.2, 0.25) is 0 Å². The van der Waals surface area contributed by atoms with Gasteiger partial charge in [0.15, 0.2) is 0 Å². The fourth-order valence-electron chi connectivity index (χ4n) is 2.85. The minimum absolute atomic E-state index is 0.172. The van der Waals surface area contributed by atoms with Gasteiger partial charge in [-0.1, -0.05) is 42.5 Å². The molecule has 1 aromatic carbocycles. The molecule has 1 aliphatic carbocycles. The normalized spacial score (nSPS) is 14.5. The zero-order chi connectivity index (χ0) is 17.3. The molecule has 0 spiro atoms. The lowest BCUT2D eigenvalue weighted by molar-refractivity contribution is 0.587. The number of hydrogen-bond acceptors (Lipinski definition) is 3. The van der Waals surface area contributed by atoms with E-state index in [0.717, 1.165) is 24.0 Å². The van der Waals surface area contributed by atoms with E-state index in [1.807, 2.05) is 12.2 Å². The van der Waals surface area contributed by atoms with E-state index in [2.05, 4.69) is 11.6 Å². The maximum atomic E-state index is 13.0. The summed E-state index contributed by atoms with van der Waals surface area (Å²) in [5, 5.41) is 0.172. The van der Waals surface area contributed by atoms with E-state index in [1.165, 1.54) is 3.97 Å². The summed E-state index contributed by atoms with van der Waals surface area (Å²) in [5.41, 5.74) is 3.09. The van der Waals surface area contributed by atoms with Gasteiger partial charge in [0.1, 0.15) is 5.16 Å². The lowest BCUT2D eigenvalue weighted by atomic mass is 9.98. The Balaban J connectivity index is 2.22. The largest absolute Gasteiger partial charge is 0.268 e. The number of allylic oxidation sites excluding steroid dienone is 1. The first-order valence-electron chi connectivity index (χ1n) is 7.52. The van der Waals surface area contributed by atoms with Gasteiger partial charge in [-0.2, -0.15) is 0 Å². The zero-order valence-electron chi connectivity index (χ0n) is 13.2. The Morgan fingerprint density at radius 1 is 1.29 bits per heavy atom. The molecule has 0 unspecified atom stereocenters. The highest BCUT2D eigenvalue weighted by Crippen LogP contribution is 2.29. The molecule has 124 valence electrons. The van der Waals surface area contributed by atoms with Gasteiger partial charge in [0.25, 0.3) is 10.0 Å². The average molecular weight is 361 g/mol. The lowest BCUT2D eigenvalue weighted by Crippen LogP contribution is -2.14. The molecular weight excluding hydrogens is 344 g/mol. The summed E-state index contributed by atoms with van der Waals surface area (Å²) < 4.78 is 27.4. The Labute approximate surface area is 146 Å². The molecule has 1 heterocycles. The number of benzene rings is 1. The molecule has 4 nitrogen and oxygen atoms in total. The molecule has 0 bridgehead atoms. The molecule has 0 N–H and O–H groups in total. The minimum atomic E-state index is -3.67. The molecule has 0 aliphatic heterocycles. The van der Waals surface area contributed by atoms with Crippen molar-refractivity contribution in [2.75, 3.05) is 0 Å². The molecule has 0 atom stereocenters. The standard InChI is InChI=1S/C18H17ClN2O2S/c1-13(20-14(2)19)17-12-21(18-11-7-6-10-16(17)18)24(22,23)15-8-4-3-5-9-15/h3-5,7-9,11-12H,2,6,10H2,1H3. The van der Waals surface area contributed by atoms with Gasteiger partial charge in [-0.05, 0) is 43.5 Å². The smallest absolute Gasteiger partial charge is 0.241 e. The summed E-state index contributed by atoms with van der Waals surface area (Å²) in [4.78, 5) is 4.43. The SMILES string of the molecule is C=C(Cl)N=C(C)c1cn(S(=O)(=O)c2ccccc2)c2c1CCC=C2. The predicted molar refractivity (Wildman–Crippen MR) is 98.0 cm³/mol. The van der Waals surface area contributed by atoms with Crippen LogP contribution in [0.15, 0.2) is 64.2 Å². The number of aliphatic imine (C=N–C) groups is 1. The van der Waals surface area contributed by atoms with Crippen LogP contribution >= 0.6 is 11.6 Å². The van der Waals surface area contributed by atoms with Crippen LogP contribution in [0.4, 0.5) is 0 Å². The Morgan fingerprint density at radius 2 is 2.00 bits per heavy atom. The van der Waals surface area contributed by atoms with Crippen LogP contribution in [-0.4, -0.2) is 18.1 Å². The van der Waals surface area contributed by atoms with Gasteiger partial charge in [-0.15, -0.1) is 0 Å². The first-order chi connectivity index (χ1) is 11.4. The Bertz CT molecular complexity index is 954. The number of halogens is 1. The summed E-state index contributed by atoms with van der Waals surface area (Å²) >= 11 is 5.78. The van der Waals surface area contributed by atoms with Crippen molar-refractivity contribution in [2.45, 2.75) is 24.7 Å². The van der Waals surface area contributed by atoms with E-state index in [0.29, 0.717) is 11.4 Å². The van der Waals surface area contributed by atoms with Crippen LogP contribution in [0.3, 0.4) is 0 Å². The van der Waals surface area contributed by atoms with Crippen LogP contribution in [0, 0.1) is 0 Å². The average Bonchev–Trinajstić information content (AvgIpc) is 2.95. The summed E-state index contributed by atoms with van der Waals surface area (Å²) in [6, 6.07) is 8.40. The highest BCUT2D eigenvalue weighted by Gasteiger charge is 2.25. The number of nitrogens with zero attached hydrogens (tertiary/aromatic N) is 2. The fourth-order valence-corrected chi connectivity index (χ4v) is 4.38. The third kappa shape index (κ3) is 2.97. The van der Waals surface area contributed by atoms with E-state index >= 15 is 0 Å². The molecule has 6 heteroatoms. The molecule has 0 fully saturated rings. The molecular formula is C18H17ClN2O2S. The van der Waals surface area contributed by atoms with Crippen molar-refractivity contribution < 1.29 is 8.42 Å². The fraction of sp³-hybridized carbons (Fsp3) is 0.167. The van der Waals surface area contributed by atoms with Crippen molar-refractivity contribution in [2.24, 2.45) is 4.99 Å². The molecule has 0 radical (unpaired) electrons. The lowest BCUT2D eigenvalue weighted by Gasteiger charge is -2.12. The summed E-state index contributed by atoms with van der Waals surface area (Å²) in [5.74, 6) is 0. The first-order valence-corrected chi connectivity index (χ1v) is 9.34. The zero-order valence-corrected chi connectivity index (χ0v) is 14.8. The molecule has 0 saturated carbocycles. The Hall–Kier alpha value is -2.11. The molecule has 3 rings (SSSR count). The second-order valence-corrected chi connectivity index (χ2v) is 7.79. The highest BCUT2D eigenvalue weighted by atomic mass is 35.5. The van der Waals surface area contributed by atoms with Crippen molar-refractivity contribution in [1.29, 1.82) is 0 Å². The maximum Gasteiger partial charge on any atom is 0.268 e. The van der Waals surface area contributed by atoms with Crippen molar-refractivity contribution in [1.82, 2.24) is 3.97 Å². The van der Waals surface area contributed by atoms with E-state index in [1.54, 1.807) is 43.5 Å². The van der Waals surface area contributed by atoms with E-state index < -0.39 is 10.0 Å². The van der Waals surface area contributed by atoms with Crippen molar-refractivity contribution in [3.8, 4) is 0 Å². The van der Waals surface area contributed by atoms with Crippen LogP contribution in [-0.2, 0) is 16.4 Å². The summed E-state index contributed by atoms with van der Waals surface area (Å²) in [7, 11) is -3.67. The number of hydrogen-bond donors (Lipinski definition) is 0. The number of aromatic nitrogens is 1. The van der Waals surface area contributed by atoms with Crippen LogP contribution < -0.4 is 0 Å². The van der Waals surface area contributed by atoms with Crippen molar-refractivity contribution in [3.05, 3.63) is 71.2 Å². The first kappa shape index (κ1) is 16.7. The molecule has 24 heavy (non-hydrogen) atoms. The molecule has 2 aromatic rings. The van der Waals surface area contributed by atoms with Gasteiger partial charge >= 0.3 is 0 Å². The predicted octanol–water partition coefficient (Wildman–Crippen LogP) is 4.20. The second kappa shape index (κ2) is 6.42. The summed E-state index contributed by atoms with van der Waals surface area (Å²) in [6.45, 7) is 5.38. The van der Waals surface area contributed by atoms with Gasteiger partial charge in [0.05, 0.1) is 10.6 Å². The topological polar surface area (TPSA) is 51.4 Å². The molecule has 1 aromatic heterocycles. The molecule has 0 saturated heterocycles. The van der Waals surface area contributed by atoms with Crippen molar-refractivity contribution in [3.63, 3.8) is 0 Å². The highest BCUT2D eigenvalue weighted by molar-refractivity contribution is 7.90. The number of rotatable bonds is 4. The van der Waals surface area contributed by atoms with Gasteiger partial charge in [-0.25, -0.2) is 17.4 Å². The molecule has 1 aliphatic rings. The van der Waals surface area contributed by atoms with Gasteiger partial charge in [0, 0.05) is 17.5 Å². The van der Waals surface area contributed by atoms with Gasteiger partial charge in [0.2, 0.25) is 0 Å². The minimum Gasteiger partial charge on any atom is -0.241 e. The number of fused-ring (bicyclic) bond motifs is 1.